The molecule has 1 aliphatic heterocycles. The Labute approximate surface area is 146 Å². The Bertz CT molecular complexity index is 867. The summed E-state index contributed by atoms with van der Waals surface area (Å²) in [6.45, 7) is 3.49. The third-order valence-corrected chi connectivity index (χ3v) is 4.68. The predicted molar refractivity (Wildman–Crippen MR) is 94.7 cm³/mol. The Morgan fingerprint density at radius 1 is 1.20 bits per heavy atom. The Balaban J connectivity index is 1.56. The maximum absolute atomic E-state index is 13.1. The smallest absolute Gasteiger partial charge is 0.272 e. The number of aryl methyl sites for hydroxylation is 1. The molecule has 0 radical (unpaired) electrons. The molecular weight excluding hydrogens is 314 g/mol. The molecule has 1 aliphatic rings. The number of carbonyl (C=O) groups is 1. The van der Waals surface area contributed by atoms with E-state index in [2.05, 4.69) is 10.1 Å². The van der Waals surface area contributed by atoms with Crippen LogP contribution in [0.25, 0.3) is 5.69 Å². The van der Waals surface area contributed by atoms with Crippen molar-refractivity contribution < 1.29 is 4.79 Å². The first-order chi connectivity index (χ1) is 12.2. The van der Waals surface area contributed by atoms with Crippen LogP contribution in [0.3, 0.4) is 0 Å². The van der Waals surface area contributed by atoms with E-state index in [1.807, 2.05) is 63.8 Å². The molecule has 0 bridgehead atoms. The van der Waals surface area contributed by atoms with Gasteiger partial charge in [-0.05, 0) is 37.5 Å². The quantitative estimate of drug-likeness (QED) is 0.739. The van der Waals surface area contributed by atoms with Crippen LogP contribution < -0.4 is 0 Å². The third kappa shape index (κ3) is 3.07. The van der Waals surface area contributed by atoms with Crippen LogP contribution in [0.15, 0.2) is 55.2 Å². The maximum atomic E-state index is 13.1. The van der Waals surface area contributed by atoms with Gasteiger partial charge in [0.1, 0.15) is 5.69 Å². The van der Waals surface area contributed by atoms with Crippen molar-refractivity contribution in [3.63, 3.8) is 0 Å². The zero-order chi connectivity index (χ0) is 17.2. The Hall–Kier alpha value is -2.89. The first-order valence-electron chi connectivity index (χ1n) is 8.60. The lowest BCUT2D eigenvalue weighted by molar-refractivity contribution is 0.0665. The van der Waals surface area contributed by atoms with Crippen molar-refractivity contribution in [2.45, 2.75) is 25.8 Å². The number of amides is 1. The Morgan fingerprint density at radius 2 is 2.04 bits per heavy atom. The number of aromatic nitrogens is 4. The van der Waals surface area contributed by atoms with E-state index < -0.39 is 0 Å². The summed E-state index contributed by atoms with van der Waals surface area (Å²) in [5, 5.41) is 4.42. The van der Waals surface area contributed by atoms with Gasteiger partial charge in [0.05, 0.1) is 24.8 Å². The van der Waals surface area contributed by atoms with Gasteiger partial charge < -0.3 is 4.90 Å². The average Bonchev–Trinajstić information content (AvgIpc) is 3.31. The van der Waals surface area contributed by atoms with Crippen molar-refractivity contribution in [3.05, 3.63) is 66.5 Å². The lowest BCUT2D eigenvalue weighted by Crippen LogP contribution is -2.41. The summed E-state index contributed by atoms with van der Waals surface area (Å²) >= 11 is 0. The molecule has 3 aromatic rings. The Morgan fingerprint density at radius 3 is 2.80 bits per heavy atom. The molecule has 1 amide bonds. The van der Waals surface area contributed by atoms with Gasteiger partial charge >= 0.3 is 0 Å². The van der Waals surface area contributed by atoms with E-state index in [-0.39, 0.29) is 11.9 Å². The van der Waals surface area contributed by atoms with Crippen LogP contribution >= 0.6 is 0 Å². The highest BCUT2D eigenvalue weighted by Crippen LogP contribution is 2.23. The molecular formula is C19H21N5O. The monoisotopic (exact) mass is 335 g/mol. The number of nitrogens with zero attached hydrogens (tertiary/aromatic N) is 5. The van der Waals surface area contributed by atoms with Gasteiger partial charge in [0, 0.05) is 25.0 Å². The van der Waals surface area contributed by atoms with Crippen molar-refractivity contribution >= 4 is 5.91 Å². The molecule has 4 rings (SSSR count). The van der Waals surface area contributed by atoms with Crippen LogP contribution in [0, 0.1) is 6.92 Å². The predicted octanol–water partition coefficient (Wildman–Crippen LogP) is 2.85. The molecule has 6 nitrogen and oxygen atoms in total. The first kappa shape index (κ1) is 15.6. The minimum Gasteiger partial charge on any atom is -0.335 e. The maximum Gasteiger partial charge on any atom is 0.272 e. The zero-order valence-electron chi connectivity index (χ0n) is 14.2. The van der Waals surface area contributed by atoms with E-state index in [4.69, 9.17) is 0 Å². The van der Waals surface area contributed by atoms with E-state index in [0.717, 1.165) is 30.6 Å². The van der Waals surface area contributed by atoms with Crippen molar-refractivity contribution in [1.29, 1.82) is 0 Å². The number of piperidine rings is 1. The van der Waals surface area contributed by atoms with Gasteiger partial charge in [-0.2, -0.15) is 5.10 Å². The highest BCUT2D eigenvalue weighted by molar-refractivity contribution is 5.93. The summed E-state index contributed by atoms with van der Waals surface area (Å²) in [6.07, 6.45) is 9.29. The molecule has 0 saturated carbocycles. The second kappa shape index (κ2) is 6.55. The molecule has 1 fully saturated rings. The summed E-state index contributed by atoms with van der Waals surface area (Å²) in [5.74, 6) is 0.0231. The van der Waals surface area contributed by atoms with Crippen LogP contribution in [0.2, 0.25) is 0 Å². The van der Waals surface area contributed by atoms with Crippen LogP contribution in [0.4, 0.5) is 0 Å². The fourth-order valence-electron chi connectivity index (χ4n) is 3.40. The highest BCUT2D eigenvalue weighted by atomic mass is 16.2. The molecule has 0 aliphatic carbocycles. The minimum absolute atomic E-state index is 0.0231. The van der Waals surface area contributed by atoms with Gasteiger partial charge in [0.15, 0.2) is 0 Å². The fraction of sp³-hybridized carbons (Fsp3) is 0.316. The summed E-state index contributed by atoms with van der Waals surface area (Å²) in [6, 6.07) is 10.1. The number of imidazole rings is 1. The molecule has 0 N–H and O–H groups in total. The molecule has 2 aromatic heterocycles. The highest BCUT2D eigenvalue weighted by Gasteiger charge is 2.27. The summed E-state index contributed by atoms with van der Waals surface area (Å²) in [7, 11) is 0. The van der Waals surface area contributed by atoms with Crippen molar-refractivity contribution in [1.82, 2.24) is 24.2 Å². The summed E-state index contributed by atoms with van der Waals surface area (Å²) < 4.78 is 3.84. The minimum atomic E-state index is 0.0231. The molecule has 1 saturated heterocycles. The standard InChI is InChI=1S/C19H21N5O/c1-15-10-21-24(12-15)17-8-5-9-22(13-17)19(25)18-11-20-14-23(18)16-6-3-2-4-7-16/h2-4,6-7,10-12,14,17H,5,8-9,13H2,1H3. The normalized spacial score (nSPS) is 17.6. The van der Waals surface area contributed by atoms with E-state index >= 15 is 0 Å². The third-order valence-electron chi connectivity index (χ3n) is 4.68. The van der Waals surface area contributed by atoms with Crippen molar-refractivity contribution in [2.75, 3.05) is 13.1 Å². The number of hydrogen-bond donors (Lipinski definition) is 0. The second-order valence-electron chi connectivity index (χ2n) is 6.53. The van der Waals surface area contributed by atoms with Gasteiger partial charge in [-0.25, -0.2) is 4.98 Å². The van der Waals surface area contributed by atoms with Crippen LogP contribution in [-0.2, 0) is 0 Å². The number of hydrogen-bond acceptors (Lipinski definition) is 3. The van der Waals surface area contributed by atoms with Gasteiger partial charge in [-0.3, -0.25) is 14.0 Å². The van der Waals surface area contributed by atoms with Gasteiger partial charge in [-0.15, -0.1) is 0 Å². The molecule has 1 atom stereocenters. The van der Waals surface area contributed by atoms with Gasteiger partial charge in [-0.1, -0.05) is 18.2 Å². The van der Waals surface area contributed by atoms with Crippen molar-refractivity contribution in [3.8, 4) is 5.69 Å². The largest absolute Gasteiger partial charge is 0.335 e. The van der Waals surface area contributed by atoms with Crippen LogP contribution in [0.5, 0.6) is 0 Å². The molecule has 3 heterocycles. The zero-order valence-corrected chi connectivity index (χ0v) is 14.2. The first-order valence-corrected chi connectivity index (χ1v) is 8.60. The SMILES string of the molecule is Cc1cnn(C2CCCN(C(=O)c3cncn3-c3ccccc3)C2)c1. The van der Waals surface area contributed by atoms with Gasteiger partial charge in [0.2, 0.25) is 0 Å². The lowest BCUT2D eigenvalue weighted by Gasteiger charge is -2.33. The van der Waals surface area contributed by atoms with Crippen molar-refractivity contribution in [2.24, 2.45) is 0 Å². The fourth-order valence-corrected chi connectivity index (χ4v) is 3.40. The molecule has 6 heteroatoms. The van der Waals surface area contributed by atoms with E-state index in [9.17, 15) is 4.79 Å². The number of para-hydroxylation sites is 1. The lowest BCUT2D eigenvalue weighted by atomic mass is 10.1. The molecule has 0 spiro atoms. The number of benzene rings is 1. The summed E-state index contributed by atoms with van der Waals surface area (Å²) in [4.78, 5) is 19.2. The second-order valence-corrected chi connectivity index (χ2v) is 6.53. The topological polar surface area (TPSA) is 56.0 Å². The molecule has 25 heavy (non-hydrogen) atoms. The number of carbonyl (C=O) groups excluding carboxylic acids is 1. The van der Waals surface area contributed by atoms with Gasteiger partial charge in [0.25, 0.3) is 5.91 Å². The number of likely N-dealkylation sites (tertiary alicyclic amines) is 1. The average molecular weight is 335 g/mol. The molecule has 1 aromatic carbocycles. The van der Waals surface area contributed by atoms with Crippen LogP contribution in [0.1, 0.15) is 34.9 Å². The number of rotatable bonds is 3. The Kier molecular flexibility index (Phi) is 4.09. The van der Waals surface area contributed by atoms with E-state index in [1.165, 1.54) is 0 Å². The van der Waals surface area contributed by atoms with E-state index in [0.29, 0.717) is 12.2 Å². The molecule has 1 unspecified atom stereocenters. The summed E-state index contributed by atoms with van der Waals surface area (Å²) in [5.41, 5.74) is 2.69. The molecule has 128 valence electrons. The van der Waals surface area contributed by atoms with Crippen LogP contribution in [-0.4, -0.2) is 43.2 Å². The van der Waals surface area contributed by atoms with E-state index in [1.54, 1.807) is 12.5 Å².